The van der Waals surface area contributed by atoms with E-state index in [0.29, 0.717) is 51.9 Å². The first-order valence-corrected chi connectivity index (χ1v) is 10.6. The number of hydrogen-bond donors (Lipinski definition) is 1. The highest BCUT2D eigenvalue weighted by molar-refractivity contribution is 5.84. The summed E-state index contributed by atoms with van der Waals surface area (Å²) in [6.45, 7) is 3.06. The van der Waals surface area contributed by atoms with Gasteiger partial charge in [-0.25, -0.2) is 4.39 Å². The molecule has 3 saturated heterocycles. The van der Waals surface area contributed by atoms with Crippen molar-refractivity contribution >= 4 is 17.7 Å². The summed E-state index contributed by atoms with van der Waals surface area (Å²) in [6, 6.07) is 6.58. The van der Waals surface area contributed by atoms with Gasteiger partial charge >= 0.3 is 0 Å². The van der Waals surface area contributed by atoms with E-state index in [2.05, 4.69) is 5.32 Å². The van der Waals surface area contributed by atoms with Crippen LogP contribution < -0.4 is 5.32 Å². The Morgan fingerprint density at radius 1 is 0.897 bits per heavy atom. The van der Waals surface area contributed by atoms with Crippen LogP contribution in [0.3, 0.4) is 0 Å². The Bertz CT molecular complexity index is 764. The minimum Gasteiger partial charge on any atom is -0.355 e. The van der Waals surface area contributed by atoms with Crippen molar-refractivity contribution in [3.8, 4) is 0 Å². The van der Waals surface area contributed by atoms with Crippen molar-refractivity contribution in [1.29, 1.82) is 0 Å². The fourth-order valence-corrected chi connectivity index (χ4v) is 4.77. The normalized spacial score (nSPS) is 25.8. The number of carbonyl (C=O) groups excluding carboxylic acids is 3. The molecule has 1 N–H and O–H groups in total. The maximum absolute atomic E-state index is 13.1. The van der Waals surface area contributed by atoms with Gasteiger partial charge in [0.05, 0.1) is 5.92 Å². The molecule has 3 heterocycles. The summed E-state index contributed by atoms with van der Waals surface area (Å²) >= 11 is 0. The molecular formula is C22H28FN3O3. The van der Waals surface area contributed by atoms with Crippen molar-refractivity contribution in [1.82, 2.24) is 15.1 Å². The molecule has 0 bridgehead atoms. The molecule has 2 atom stereocenters. The standard InChI is InChI=1S/C22H28FN3O3/c23-19-4-1-15(2-5-19)18-9-12-26(14-18)21(28)16-7-10-25(11-8-16)22(29)17-3-6-20(27)24-13-17/h1-2,4-5,16-18H,3,6-14H2,(H,24,27)/t17-,18-/m0/s1. The molecule has 6 nitrogen and oxygen atoms in total. The topological polar surface area (TPSA) is 69.7 Å². The number of nitrogens with one attached hydrogen (secondary N) is 1. The van der Waals surface area contributed by atoms with E-state index in [0.717, 1.165) is 18.5 Å². The van der Waals surface area contributed by atoms with Crippen LogP contribution in [0.2, 0.25) is 0 Å². The number of benzene rings is 1. The van der Waals surface area contributed by atoms with Crippen molar-refractivity contribution in [2.45, 2.75) is 38.0 Å². The zero-order valence-corrected chi connectivity index (χ0v) is 16.6. The summed E-state index contributed by atoms with van der Waals surface area (Å²) in [5.41, 5.74) is 1.08. The van der Waals surface area contributed by atoms with Crippen LogP contribution in [0.5, 0.6) is 0 Å². The highest BCUT2D eigenvalue weighted by Crippen LogP contribution is 2.30. The Labute approximate surface area is 170 Å². The third-order valence-corrected chi connectivity index (χ3v) is 6.61. The van der Waals surface area contributed by atoms with Crippen LogP contribution in [0.4, 0.5) is 4.39 Å². The van der Waals surface area contributed by atoms with Crippen LogP contribution in [0, 0.1) is 17.7 Å². The first-order chi connectivity index (χ1) is 14.0. The number of hydrogen-bond acceptors (Lipinski definition) is 3. The zero-order valence-electron chi connectivity index (χ0n) is 16.6. The SMILES string of the molecule is O=C1CC[C@H](C(=O)N2CCC(C(=O)N3CC[C@H](c4ccc(F)cc4)C3)CC2)CN1. The Morgan fingerprint density at radius 2 is 1.55 bits per heavy atom. The molecule has 3 fully saturated rings. The van der Waals surface area contributed by atoms with Crippen LogP contribution >= 0.6 is 0 Å². The fraction of sp³-hybridized carbons (Fsp3) is 0.591. The molecule has 29 heavy (non-hydrogen) atoms. The number of amides is 3. The molecule has 0 spiro atoms. The van der Waals surface area contributed by atoms with Crippen molar-refractivity contribution in [2.24, 2.45) is 11.8 Å². The summed E-state index contributed by atoms with van der Waals surface area (Å²) in [5, 5.41) is 2.77. The summed E-state index contributed by atoms with van der Waals surface area (Å²) in [5.74, 6) is 0.175. The smallest absolute Gasteiger partial charge is 0.227 e. The summed E-state index contributed by atoms with van der Waals surface area (Å²) in [6.07, 6.45) is 3.32. The molecule has 0 aromatic heterocycles. The second-order valence-electron chi connectivity index (χ2n) is 8.46. The molecule has 3 aliphatic heterocycles. The minimum absolute atomic E-state index is 0.0166. The third-order valence-electron chi connectivity index (χ3n) is 6.61. The van der Waals surface area contributed by atoms with Gasteiger partial charge in [-0.15, -0.1) is 0 Å². The van der Waals surface area contributed by atoms with Crippen LogP contribution in [0.15, 0.2) is 24.3 Å². The second-order valence-corrected chi connectivity index (χ2v) is 8.46. The van der Waals surface area contributed by atoms with E-state index in [1.54, 1.807) is 0 Å². The molecule has 0 radical (unpaired) electrons. The van der Waals surface area contributed by atoms with Gasteiger partial charge in [0, 0.05) is 51.0 Å². The van der Waals surface area contributed by atoms with Gasteiger partial charge in [0.1, 0.15) is 5.82 Å². The summed E-state index contributed by atoms with van der Waals surface area (Å²) in [7, 11) is 0. The summed E-state index contributed by atoms with van der Waals surface area (Å²) < 4.78 is 13.1. The van der Waals surface area contributed by atoms with Crippen molar-refractivity contribution in [3.05, 3.63) is 35.6 Å². The molecule has 7 heteroatoms. The van der Waals surface area contributed by atoms with Gasteiger partial charge in [-0.05, 0) is 43.4 Å². The van der Waals surface area contributed by atoms with E-state index in [1.807, 2.05) is 21.9 Å². The first kappa shape index (κ1) is 19.9. The molecule has 1 aromatic carbocycles. The highest BCUT2D eigenvalue weighted by Gasteiger charge is 2.36. The Hall–Kier alpha value is -2.44. The molecule has 4 rings (SSSR count). The van der Waals surface area contributed by atoms with E-state index >= 15 is 0 Å². The predicted molar refractivity (Wildman–Crippen MR) is 105 cm³/mol. The van der Waals surface area contributed by atoms with E-state index < -0.39 is 0 Å². The third kappa shape index (κ3) is 4.43. The number of carbonyl (C=O) groups is 3. The van der Waals surface area contributed by atoms with Gasteiger partial charge in [0.25, 0.3) is 0 Å². The molecule has 156 valence electrons. The molecule has 0 saturated carbocycles. The number of rotatable bonds is 3. The molecular weight excluding hydrogens is 373 g/mol. The monoisotopic (exact) mass is 401 g/mol. The lowest BCUT2D eigenvalue weighted by molar-refractivity contribution is -0.143. The Kier molecular flexibility index (Phi) is 5.83. The quantitative estimate of drug-likeness (QED) is 0.841. The number of piperidine rings is 2. The lowest BCUT2D eigenvalue weighted by Crippen LogP contribution is -2.49. The van der Waals surface area contributed by atoms with Gasteiger partial charge < -0.3 is 15.1 Å². The fourth-order valence-electron chi connectivity index (χ4n) is 4.77. The first-order valence-electron chi connectivity index (χ1n) is 10.6. The lowest BCUT2D eigenvalue weighted by atomic mass is 9.92. The average molecular weight is 401 g/mol. The van der Waals surface area contributed by atoms with Crippen LogP contribution in [-0.4, -0.2) is 60.2 Å². The van der Waals surface area contributed by atoms with Crippen molar-refractivity contribution in [3.63, 3.8) is 0 Å². The Morgan fingerprint density at radius 3 is 2.21 bits per heavy atom. The van der Waals surface area contributed by atoms with Gasteiger partial charge in [-0.1, -0.05) is 12.1 Å². The highest BCUT2D eigenvalue weighted by atomic mass is 19.1. The Balaban J connectivity index is 1.26. The predicted octanol–water partition coefficient (Wildman–Crippen LogP) is 1.91. The van der Waals surface area contributed by atoms with E-state index in [1.165, 1.54) is 12.1 Å². The van der Waals surface area contributed by atoms with Crippen LogP contribution in [-0.2, 0) is 14.4 Å². The molecule has 3 amide bonds. The van der Waals surface area contributed by atoms with E-state index in [4.69, 9.17) is 0 Å². The van der Waals surface area contributed by atoms with Crippen LogP contribution in [0.1, 0.15) is 43.6 Å². The maximum atomic E-state index is 13.1. The number of halogens is 1. The van der Waals surface area contributed by atoms with E-state index in [9.17, 15) is 18.8 Å². The van der Waals surface area contributed by atoms with Crippen molar-refractivity contribution in [2.75, 3.05) is 32.7 Å². The van der Waals surface area contributed by atoms with Crippen molar-refractivity contribution < 1.29 is 18.8 Å². The molecule has 1 aromatic rings. The molecule has 0 aliphatic carbocycles. The van der Waals surface area contributed by atoms with Crippen LogP contribution in [0.25, 0.3) is 0 Å². The average Bonchev–Trinajstić information content (AvgIpc) is 3.24. The van der Waals surface area contributed by atoms with Gasteiger partial charge in [-0.2, -0.15) is 0 Å². The maximum Gasteiger partial charge on any atom is 0.227 e. The largest absolute Gasteiger partial charge is 0.355 e. The minimum atomic E-state index is -0.239. The summed E-state index contributed by atoms with van der Waals surface area (Å²) in [4.78, 5) is 40.7. The van der Waals surface area contributed by atoms with Gasteiger partial charge in [-0.3, -0.25) is 14.4 Å². The second kappa shape index (κ2) is 8.51. The molecule has 3 aliphatic rings. The van der Waals surface area contributed by atoms with Gasteiger partial charge in [0.2, 0.25) is 17.7 Å². The van der Waals surface area contributed by atoms with Gasteiger partial charge in [0.15, 0.2) is 0 Å². The lowest BCUT2D eigenvalue weighted by Gasteiger charge is -2.35. The molecule has 0 unspecified atom stereocenters. The number of likely N-dealkylation sites (tertiary alicyclic amines) is 2. The van der Waals surface area contributed by atoms with E-state index in [-0.39, 0.29) is 41.3 Å². The number of nitrogens with zero attached hydrogens (tertiary/aromatic N) is 2. The zero-order chi connectivity index (χ0) is 20.4.